The van der Waals surface area contributed by atoms with Gasteiger partial charge in [0.1, 0.15) is 5.54 Å². The number of rotatable bonds is 9. The summed E-state index contributed by atoms with van der Waals surface area (Å²) in [6.07, 6.45) is 3.58. The van der Waals surface area contributed by atoms with Gasteiger partial charge in [-0.3, -0.25) is 10.1 Å². The average molecular weight is 261 g/mol. The van der Waals surface area contributed by atoms with E-state index in [1.165, 1.54) is 0 Å². The SMILES string of the molecule is CC(CC(C)(NC1CC1)C(=O)O)SCCCO. The fraction of sp³-hybridized carbons (Fsp3) is 0.917. The number of carbonyl (C=O) groups is 1. The zero-order valence-corrected chi connectivity index (χ0v) is 11.4. The molecule has 0 saturated heterocycles. The Morgan fingerprint density at radius 1 is 1.59 bits per heavy atom. The third kappa shape index (κ3) is 5.27. The maximum atomic E-state index is 11.3. The molecule has 3 N–H and O–H groups in total. The highest BCUT2D eigenvalue weighted by atomic mass is 32.2. The molecule has 0 bridgehead atoms. The van der Waals surface area contributed by atoms with E-state index in [4.69, 9.17) is 5.11 Å². The Labute approximate surface area is 107 Å². The van der Waals surface area contributed by atoms with Crippen molar-refractivity contribution in [1.82, 2.24) is 5.32 Å². The molecule has 1 fully saturated rings. The number of thioether (sulfide) groups is 1. The van der Waals surface area contributed by atoms with E-state index in [0.29, 0.717) is 12.5 Å². The monoisotopic (exact) mass is 261 g/mol. The minimum Gasteiger partial charge on any atom is -0.480 e. The van der Waals surface area contributed by atoms with Crippen LogP contribution in [-0.2, 0) is 4.79 Å². The van der Waals surface area contributed by atoms with Crippen molar-refractivity contribution in [2.75, 3.05) is 12.4 Å². The van der Waals surface area contributed by atoms with Crippen molar-refractivity contribution >= 4 is 17.7 Å². The molecule has 5 heteroatoms. The number of carboxylic acid groups (broad SMARTS) is 1. The first-order valence-electron chi connectivity index (χ1n) is 6.21. The van der Waals surface area contributed by atoms with Gasteiger partial charge in [0.25, 0.3) is 0 Å². The van der Waals surface area contributed by atoms with Gasteiger partial charge in [-0.25, -0.2) is 0 Å². The van der Waals surface area contributed by atoms with Crippen molar-refractivity contribution in [1.29, 1.82) is 0 Å². The van der Waals surface area contributed by atoms with Crippen LogP contribution in [0.3, 0.4) is 0 Å². The predicted octanol–water partition coefficient (Wildman–Crippen LogP) is 1.48. The van der Waals surface area contributed by atoms with Gasteiger partial charge in [0, 0.05) is 17.9 Å². The zero-order chi connectivity index (χ0) is 12.9. The third-order valence-corrected chi connectivity index (χ3v) is 4.23. The van der Waals surface area contributed by atoms with Gasteiger partial charge in [0.2, 0.25) is 0 Å². The van der Waals surface area contributed by atoms with Gasteiger partial charge in [0.15, 0.2) is 0 Å². The second kappa shape index (κ2) is 6.61. The summed E-state index contributed by atoms with van der Waals surface area (Å²) in [6, 6.07) is 0.394. The van der Waals surface area contributed by atoms with Crippen LogP contribution in [0.2, 0.25) is 0 Å². The molecule has 2 unspecified atom stereocenters. The summed E-state index contributed by atoms with van der Waals surface area (Å²) in [6.45, 7) is 4.03. The van der Waals surface area contributed by atoms with E-state index in [1.807, 2.05) is 0 Å². The number of aliphatic hydroxyl groups excluding tert-OH is 1. The van der Waals surface area contributed by atoms with Crippen molar-refractivity contribution in [2.45, 2.75) is 56.4 Å². The second-order valence-electron chi connectivity index (χ2n) is 5.02. The normalized spacial score (nSPS) is 20.9. The number of hydrogen-bond acceptors (Lipinski definition) is 4. The van der Waals surface area contributed by atoms with Crippen LogP contribution in [0.4, 0.5) is 0 Å². The molecule has 100 valence electrons. The van der Waals surface area contributed by atoms with Gasteiger partial charge in [-0.05, 0) is 38.4 Å². The Kier molecular flexibility index (Phi) is 5.76. The van der Waals surface area contributed by atoms with Crippen LogP contribution in [0.15, 0.2) is 0 Å². The molecular formula is C12H23NO3S. The lowest BCUT2D eigenvalue weighted by atomic mass is 9.96. The molecule has 0 aliphatic heterocycles. The molecule has 2 atom stereocenters. The lowest BCUT2D eigenvalue weighted by Gasteiger charge is -2.29. The summed E-state index contributed by atoms with van der Waals surface area (Å²) in [7, 11) is 0. The second-order valence-corrected chi connectivity index (χ2v) is 6.56. The van der Waals surface area contributed by atoms with Crippen molar-refractivity contribution in [3.8, 4) is 0 Å². The van der Waals surface area contributed by atoms with Crippen LogP contribution in [0.1, 0.15) is 39.5 Å². The van der Waals surface area contributed by atoms with Crippen LogP contribution in [0.5, 0.6) is 0 Å². The highest BCUT2D eigenvalue weighted by Gasteiger charge is 2.39. The van der Waals surface area contributed by atoms with E-state index >= 15 is 0 Å². The smallest absolute Gasteiger partial charge is 0.323 e. The topological polar surface area (TPSA) is 69.6 Å². The van der Waals surface area contributed by atoms with Crippen LogP contribution in [0.25, 0.3) is 0 Å². The minimum atomic E-state index is -0.813. The Morgan fingerprint density at radius 2 is 2.24 bits per heavy atom. The number of hydrogen-bond donors (Lipinski definition) is 3. The average Bonchev–Trinajstić information content (AvgIpc) is 3.01. The van der Waals surface area contributed by atoms with Crippen molar-refractivity contribution in [3.63, 3.8) is 0 Å². The van der Waals surface area contributed by atoms with Gasteiger partial charge in [-0.2, -0.15) is 11.8 Å². The first-order valence-corrected chi connectivity index (χ1v) is 7.26. The zero-order valence-electron chi connectivity index (χ0n) is 10.6. The molecule has 0 amide bonds. The lowest BCUT2D eigenvalue weighted by molar-refractivity contribution is -0.144. The fourth-order valence-electron chi connectivity index (χ4n) is 1.87. The molecule has 0 aromatic rings. The van der Waals surface area contributed by atoms with Crippen molar-refractivity contribution in [2.24, 2.45) is 0 Å². The maximum absolute atomic E-state index is 11.3. The summed E-state index contributed by atoms with van der Waals surface area (Å²) in [4.78, 5) is 11.3. The molecule has 1 aliphatic rings. The predicted molar refractivity (Wildman–Crippen MR) is 70.4 cm³/mol. The number of aliphatic hydroxyl groups is 1. The molecule has 0 heterocycles. The molecule has 0 radical (unpaired) electrons. The van der Waals surface area contributed by atoms with Gasteiger partial charge in [0.05, 0.1) is 0 Å². The summed E-state index contributed by atoms with van der Waals surface area (Å²) in [5, 5.41) is 21.5. The van der Waals surface area contributed by atoms with E-state index in [0.717, 1.165) is 25.0 Å². The Bertz CT molecular complexity index is 258. The van der Waals surface area contributed by atoms with E-state index < -0.39 is 11.5 Å². The van der Waals surface area contributed by atoms with Gasteiger partial charge in [-0.1, -0.05) is 6.92 Å². The lowest BCUT2D eigenvalue weighted by Crippen LogP contribution is -2.52. The van der Waals surface area contributed by atoms with E-state index in [9.17, 15) is 9.90 Å². The fourth-order valence-corrected chi connectivity index (χ4v) is 3.02. The summed E-state index contributed by atoms with van der Waals surface area (Å²) in [5.74, 6) is 0.121. The molecule has 0 aromatic carbocycles. The van der Waals surface area contributed by atoms with Crippen LogP contribution >= 0.6 is 11.8 Å². The first-order chi connectivity index (χ1) is 7.98. The summed E-state index contributed by atoms with van der Waals surface area (Å²) in [5.41, 5.74) is -0.813. The van der Waals surface area contributed by atoms with E-state index in [-0.39, 0.29) is 11.9 Å². The largest absolute Gasteiger partial charge is 0.480 e. The Hall–Kier alpha value is -0.260. The summed E-state index contributed by atoms with van der Waals surface area (Å²) >= 11 is 1.73. The van der Waals surface area contributed by atoms with Crippen molar-refractivity contribution in [3.05, 3.63) is 0 Å². The van der Waals surface area contributed by atoms with Crippen LogP contribution < -0.4 is 5.32 Å². The standard InChI is InChI=1S/C12H23NO3S/c1-9(17-7-3-6-14)8-12(2,11(15)16)13-10-4-5-10/h9-10,13-14H,3-8H2,1-2H3,(H,15,16). The highest BCUT2D eigenvalue weighted by molar-refractivity contribution is 7.99. The summed E-state index contributed by atoms with van der Waals surface area (Å²) < 4.78 is 0. The Morgan fingerprint density at radius 3 is 2.71 bits per heavy atom. The van der Waals surface area contributed by atoms with E-state index in [1.54, 1.807) is 18.7 Å². The molecule has 4 nitrogen and oxygen atoms in total. The maximum Gasteiger partial charge on any atom is 0.323 e. The highest BCUT2D eigenvalue weighted by Crippen LogP contribution is 2.28. The molecule has 1 rings (SSSR count). The van der Waals surface area contributed by atoms with Gasteiger partial charge < -0.3 is 10.2 Å². The molecule has 1 saturated carbocycles. The van der Waals surface area contributed by atoms with Crippen LogP contribution in [0, 0.1) is 0 Å². The number of nitrogens with one attached hydrogen (secondary N) is 1. The minimum absolute atomic E-state index is 0.205. The Balaban J connectivity index is 2.38. The van der Waals surface area contributed by atoms with E-state index in [2.05, 4.69) is 12.2 Å². The molecule has 0 aromatic heterocycles. The number of aliphatic carboxylic acids is 1. The van der Waals surface area contributed by atoms with Crippen molar-refractivity contribution < 1.29 is 15.0 Å². The number of carboxylic acids is 1. The van der Waals surface area contributed by atoms with Gasteiger partial charge in [-0.15, -0.1) is 0 Å². The molecule has 17 heavy (non-hydrogen) atoms. The molecule has 1 aliphatic carbocycles. The first kappa shape index (κ1) is 14.8. The van der Waals surface area contributed by atoms with Crippen LogP contribution in [-0.4, -0.2) is 45.4 Å². The molecular weight excluding hydrogens is 238 g/mol. The third-order valence-electron chi connectivity index (χ3n) is 2.97. The quantitative estimate of drug-likeness (QED) is 0.548. The van der Waals surface area contributed by atoms with Gasteiger partial charge >= 0.3 is 5.97 Å². The molecule has 0 spiro atoms.